The van der Waals surface area contributed by atoms with E-state index in [1.54, 1.807) is 24.3 Å². The van der Waals surface area contributed by atoms with Gasteiger partial charge in [-0.3, -0.25) is 4.79 Å². The fraction of sp³-hybridized carbons (Fsp3) is 0.385. The quantitative estimate of drug-likeness (QED) is 0.404. The molecule has 34 heavy (non-hydrogen) atoms. The van der Waals surface area contributed by atoms with Gasteiger partial charge in [-0.1, -0.05) is 19.1 Å². The number of aryl methyl sites for hydroxylation is 2. The van der Waals surface area contributed by atoms with Crippen molar-refractivity contribution in [3.05, 3.63) is 78.0 Å². The Balaban J connectivity index is 1.73. The maximum absolute atomic E-state index is 13.4. The fourth-order valence-corrected chi connectivity index (χ4v) is 3.62. The molecule has 0 aliphatic rings. The van der Waals surface area contributed by atoms with E-state index < -0.39 is 0 Å². The first kappa shape index (κ1) is 25.1. The Kier molecular flexibility index (Phi) is 9.34. The molecule has 3 aromatic rings. The van der Waals surface area contributed by atoms with Crippen LogP contribution in [0.15, 0.2) is 65.4 Å². The summed E-state index contributed by atoms with van der Waals surface area (Å²) < 4.78 is 12.6. The number of furan rings is 1. The van der Waals surface area contributed by atoms with Crippen molar-refractivity contribution in [2.24, 2.45) is 7.05 Å². The second-order valence-corrected chi connectivity index (χ2v) is 8.19. The lowest BCUT2D eigenvalue weighted by atomic mass is 10.1. The van der Waals surface area contributed by atoms with Crippen molar-refractivity contribution in [3.8, 4) is 0 Å². The van der Waals surface area contributed by atoms with Crippen molar-refractivity contribution >= 4 is 17.6 Å². The summed E-state index contributed by atoms with van der Waals surface area (Å²) in [6.07, 6.45) is 5.09. The number of methoxy groups -OCH3 is 1. The van der Waals surface area contributed by atoms with E-state index in [4.69, 9.17) is 9.15 Å². The third kappa shape index (κ3) is 7.25. The molecule has 3 rings (SSSR count). The SMILES string of the molecule is CCc1ccc(NC(=O)N(CCCOC)CC(=O)N(Cc2ccco2)Cc2cccn2C)cc1. The molecule has 182 valence electrons. The maximum atomic E-state index is 13.4. The van der Waals surface area contributed by atoms with Crippen LogP contribution >= 0.6 is 0 Å². The third-order valence-electron chi connectivity index (χ3n) is 5.69. The molecule has 2 aromatic heterocycles. The van der Waals surface area contributed by atoms with Crippen LogP contribution in [0.25, 0.3) is 0 Å². The summed E-state index contributed by atoms with van der Waals surface area (Å²) in [4.78, 5) is 29.7. The van der Waals surface area contributed by atoms with E-state index in [2.05, 4.69) is 12.2 Å². The molecule has 0 spiro atoms. The highest BCUT2D eigenvalue weighted by Gasteiger charge is 2.23. The number of nitrogens with one attached hydrogen (secondary N) is 1. The highest BCUT2D eigenvalue weighted by atomic mass is 16.5. The molecule has 2 heterocycles. The van der Waals surface area contributed by atoms with Gasteiger partial charge in [0.15, 0.2) is 0 Å². The van der Waals surface area contributed by atoms with Gasteiger partial charge >= 0.3 is 6.03 Å². The van der Waals surface area contributed by atoms with Crippen molar-refractivity contribution in [2.45, 2.75) is 32.9 Å². The van der Waals surface area contributed by atoms with Crippen molar-refractivity contribution in [1.29, 1.82) is 0 Å². The third-order valence-corrected chi connectivity index (χ3v) is 5.69. The van der Waals surface area contributed by atoms with Crippen LogP contribution in [0.2, 0.25) is 0 Å². The number of amides is 3. The number of carbonyl (C=O) groups excluding carboxylic acids is 2. The number of rotatable bonds is 12. The minimum atomic E-state index is -0.314. The Labute approximate surface area is 201 Å². The standard InChI is InChI=1S/C26H34N4O4/c1-4-21-10-12-22(13-11-21)27-26(32)29(15-7-16-33-3)20-25(31)30(19-24-9-6-17-34-24)18-23-8-5-14-28(23)2/h5-6,8-14,17H,4,7,15-16,18-20H2,1-3H3,(H,27,32). The van der Waals surface area contributed by atoms with Crippen LogP contribution in [0.5, 0.6) is 0 Å². The zero-order valence-corrected chi connectivity index (χ0v) is 20.2. The molecule has 8 nitrogen and oxygen atoms in total. The fourth-order valence-electron chi connectivity index (χ4n) is 3.62. The number of hydrogen-bond donors (Lipinski definition) is 1. The van der Waals surface area contributed by atoms with Gasteiger partial charge in [0.2, 0.25) is 5.91 Å². The molecule has 8 heteroatoms. The van der Waals surface area contributed by atoms with Gasteiger partial charge in [0.25, 0.3) is 0 Å². The van der Waals surface area contributed by atoms with Crippen LogP contribution in [0.1, 0.15) is 30.4 Å². The van der Waals surface area contributed by atoms with E-state index in [1.807, 2.05) is 60.3 Å². The van der Waals surface area contributed by atoms with E-state index in [0.29, 0.717) is 44.1 Å². The highest BCUT2D eigenvalue weighted by molar-refractivity contribution is 5.92. The van der Waals surface area contributed by atoms with Crippen LogP contribution in [0.4, 0.5) is 10.5 Å². The van der Waals surface area contributed by atoms with Crippen molar-refractivity contribution < 1.29 is 18.7 Å². The molecule has 0 radical (unpaired) electrons. The van der Waals surface area contributed by atoms with Gasteiger partial charge in [-0.25, -0.2) is 4.79 Å². The molecule has 3 amide bonds. The van der Waals surface area contributed by atoms with Gasteiger partial charge in [0.05, 0.1) is 19.4 Å². The molecule has 0 unspecified atom stereocenters. The van der Waals surface area contributed by atoms with Gasteiger partial charge < -0.3 is 28.8 Å². The van der Waals surface area contributed by atoms with Crippen molar-refractivity contribution in [2.75, 3.05) is 32.1 Å². The van der Waals surface area contributed by atoms with E-state index in [0.717, 1.165) is 12.1 Å². The summed E-state index contributed by atoms with van der Waals surface area (Å²) in [6, 6.07) is 15.0. The Bertz CT molecular complexity index is 1030. The van der Waals surface area contributed by atoms with Gasteiger partial charge in [0.1, 0.15) is 12.3 Å². The number of carbonyl (C=O) groups is 2. The van der Waals surface area contributed by atoms with Gasteiger partial charge in [-0.2, -0.15) is 0 Å². The topological polar surface area (TPSA) is 80.0 Å². The van der Waals surface area contributed by atoms with Gasteiger partial charge in [-0.05, 0) is 54.8 Å². The average Bonchev–Trinajstić information content (AvgIpc) is 3.50. The maximum Gasteiger partial charge on any atom is 0.322 e. The lowest BCUT2D eigenvalue weighted by Crippen LogP contribution is -2.44. The van der Waals surface area contributed by atoms with E-state index in [9.17, 15) is 9.59 Å². The summed E-state index contributed by atoms with van der Waals surface area (Å²) in [7, 11) is 3.56. The van der Waals surface area contributed by atoms with Crippen molar-refractivity contribution in [1.82, 2.24) is 14.4 Å². The minimum absolute atomic E-state index is 0.0479. The molecule has 0 aliphatic heterocycles. The number of ether oxygens (including phenoxy) is 1. The predicted molar refractivity (Wildman–Crippen MR) is 131 cm³/mol. The number of aromatic nitrogens is 1. The number of urea groups is 1. The largest absolute Gasteiger partial charge is 0.467 e. The smallest absolute Gasteiger partial charge is 0.322 e. The molecule has 1 aromatic carbocycles. The molecular weight excluding hydrogens is 432 g/mol. The van der Waals surface area contributed by atoms with Gasteiger partial charge in [0, 0.05) is 44.9 Å². The second kappa shape index (κ2) is 12.6. The Hall–Kier alpha value is -3.52. The van der Waals surface area contributed by atoms with Crippen LogP contribution in [0.3, 0.4) is 0 Å². The predicted octanol–water partition coefficient (Wildman–Crippen LogP) is 4.28. The van der Waals surface area contributed by atoms with Crippen LogP contribution in [0, 0.1) is 0 Å². The zero-order chi connectivity index (χ0) is 24.3. The molecule has 1 N–H and O–H groups in total. The Morgan fingerprint density at radius 3 is 2.47 bits per heavy atom. The molecule has 0 atom stereocenters. The number of anilines is 1. The highest BCUT2D eigenvalue weighted by Crippen LogP contribution is 2.14. The Morgan fingerprint density at radius 2 is 1.85 bits per heavy atom. The first-order valence-electron chi connectivity index (χ1n) is 11.5. The van der Waals surface area contributed by atoms with Crippen LogP contribution in [-0.4, -0.2) is 53.1 Å². The minimum Gasteiger partial charge on any atom is -0.467 e. The summed E-state index contributed by atoms with van der Waals surface area (Å²) in [5, 5.41) is 2.92. The summed E-state index contributed by atoms with van der Waals surface area (Å²) in [5.74, 6) is 0.528. The van der Waals surface area contributed by atoms with Crippen LogP contribution in [-0.2, 0) is 36.1 Å². The molecular formula is C26H34N4O4. The van der Waals surface area contributed by atoms with E-state index >= 15 is 0 Å². The lowest BCUT2D eigenvalue weighted by molar-refractivity contribution is -0.133. The first-order chi connectivity index (χ1) is 16.5. The molecule has 0 bridgehead atoms. The average molecular weight is 467 g/mol. The van der Waals surface area contributed by atoms with Crippen LogP contribution < -0.4 is 5.32 Å². The number of benzene rings is 1. The van der Waals surface area contributed by atoms with Crippen molar-refractivity contribution in [3.63, 3.8) is 0 Å². The summed E-state index contributed by atoms with van der Waals surface area (Å²) in [6.45, 7) is 3.67. The number of hydrogen-bond acceptors (Lipinski definition) is 4. The summed E-state index contributed by atoms with van der Waals surface area (Å²) >= 11 is 0. The second-order valence-electron chi connectivity index (χ2n) is 8.19. The lowest BCUT2D eigenvalue weighted by Gasteiger charge is -2.27. The number of nitrogens with zero attached hydrogens (tertiary/aromatic N) is 3. The van der Waals surface area contributed by atoms with E-state index in [-0.39, 0.29) is 18.5 Å². The first-order valence-corrected chi connectivity index (χ1v) is 11.5. The Morgan fingerprint density at radius 1 is 1.06 bits per heavy atom. The molecule has 0 fully saturated rings. The van der Waals surface area contributed by atoms with Gasteiger partial charge in [-0.15, -0.1) is 0 Å². The molecule has 0 aliphatic carbocycles. The van der Waals surface area contributed by atoms with E-state index in [1.165, 1.54) is 10.5 Å². The zero-order valence-electron chi connectivity index (χ0n) is 20.2. The normalized spacial score (nSPS) is 10.8. The summed E-state index contributed by atoms with van der Waals surface area (Å²) in [5.41, 5.74) is 2.88. The molecule has 0 saturated carbocycles. The molecule has 0 saturated heterocycles. The monoisotopic (exact) mass is 466 g/mol.